The summed E-state index contributed by atoms with van der Waals surface area (Å²) in [5.41, 5.74) is 3.92. The average molecular weight is 260 g/mol. The van der Waals surface area contributed by atoms with Crippen molar-refractivity contribution in [2.75, 3.05) is 13.1 Å². The topological polar surface area (TPSA) is 58.6 Å². The van der Waals surface area contributed by atoms with Crippen molar-refractivity contribution in [2.24, 2.45) is 10.7 Å². The van der Waals surface area contributed by atoms with Crippen LogP contribution in [0, 0.1) is 0 Å². The number of nitrogens with zero attached hydrogens (tertiary/aromatic N) is 1. The van der Waals surface area contributed by atoms with Gasteiger partial charge in [0.15, 0.2) is 0 Å². The van der Waals surface area contributed by atoms with Crippen molar-refractivity contribution in [3.05, 3.63) is 29.8 Å². The molecule has 1 aromatic carbocycles. The van der Waals surface area contributed by atoms with E-state index in [2.05, 4.69) is 4.99 Å². The normalized spacial score (nSPS) is 12.8. The van der Waals surface area contributed by atoms with E-state index in [0.29, 0.717) is 19.4 Å². The Kier molecular flexibility index (Phi) is 5.15. The molecule has 1 rings (SSSR count). The molecule has 0 radical (unpaired) electrons. The van der Waals surface area contributed by atoms with Crippen LogP contribution in [-0.4, -0.2) is 30.1 Å². The first-order valence-electron chi connectivity index (χ1n) is 5.57. The number of aliphatic imine (C=N–C) groups is 1. The van der Waals surface area contributed by atoms with Crippen LogP contribution < -0.4 is 5.73 Å². The van der Waals surface area contributed by atoms with Gasteiger partial charge in [-0.25, -0.2) is 0 Å². The Hall–Kier alpha value is -1.56. The molecule has 1 aromatic rings. The monoisotopic (exact) mass is 260 g/mol. The van der Waals surface area contributed by atoms with Crippen molar-refractivity contribution in [1.82, 2.24) is 0 Å². The van der Waals surface area contributed by atoms with Gasteiger partial charge in [-0.1, -0.05) is 12.1 Å². The minimum atomic E-state index is -4.58. The molecular formula is C12H15F3N2O. The van der Waals surface area contributed by atoms with Crippen LogP contribution in [0.3, 0.4) is 0 Å². The number of hydrogen-bond acceptors (Lipinski definition) is 3. The number of phenolic OH excluding ortho intramolecular Hbond substituents is 1. The molecule has 0 heterocycles. The third kappa shape index (κ3) is 4.03. The van der Waals surface area contributed by atoms with E-state index in [-0.39, 0.29) is 12.1 Å². The molecule has 100 valence electrons. The molecule has 0 saturated heterocycles. The molecule has 0 amide bonds. The Labute approximate surface area is 103 Å². The largest absolute Gasteiger partial charge is 0.507 e. The van der Waals surface area contributed by atoms with Gasteiger partial charge in [0.1, 0.15) is 11.5 Å². The van der Waals surface area contributed by atoms with E-state index >= 15 is 0 Å². The van der Waals surface area contributed by atoms with Crippen molar-refractivity contribution < 1.29 is 18.3 Å². The molecule has 3 N–H and O–H groups in total. The van der Waals surface area contributed by atoms with Crippen LogP contribution in [0.15, 0.2) is 29.3 Å². The number of alkyl halides is 3. The lowest BCUT2D eigenvalue weighted by Gasteiger charge is -2.12. The van der Waals surface area contributed by atoms with Crippen LogP contribution in [0.5, 0.6) is 5.75 Å². The smallest absolute Gasteiger partial charge is 0.433 e. The molecule has 0 atom stereocenters. The predicted molar refractivity (Wildman–Crippen MR) is 63.9 cm³/mol. The molecule has 0 fully saturated rings. The number of aromatic hydroxyl groups is 1. The summed E-state index contributed by atoms with van der Waals surface area (Å²) in [5, 5.41) is 9.45. The highest BCUT2D eigenvalue weighted by Gasteiger charge is 2.37. The van der Waals surface area contributed by atoms with E-state index in [9.17, 15) is 18.3 Å². The molecule has 0 aromatic heterocycles. The molecule has 0 bridgehead atoms. The van der Waals surface area contributed by atoms with Gasteiger partial charge >= 0.3 is 6.18 Å². The number of nitrogens with two attached hydrogens (primary N) is 1. The van der Waals surface area contributed by atoms with Crippen molar-refractivity contribution in [1.29, 1.82) is 0 Å². The Morgan fingerprint density at radius 1 is 1.22 bits per heavy atom. The zero-order chi connectivity index (χ0) is 13.6. The quantitative estimate of drug-likeness (QED) is 0.631. The minimum Gasteiger partial charge on any atom is -0.507 e. The van der Waals surface area contributed by atoms with Gasteiger partial charge in [0.2, 0.25) is 0 Å². The maximum Gasteiger partial charge on any atom is 0.433 e. The summed E-state index contributed by atoms with van der Waals surface area (Å²) in [6, 6.07) is 5.29. The maximum atomic E-state index is 12.8. The molecule has 0 aliphatic rings. The zero-order valence-electron chi connectivity index (χ0n) is 9.74. The van der Waals surface area contributed by atoms with Crippen LogP contribution in [0.4, 0.5) is 13.2 Å². The van der Waals surface area contributed by atoms with Crippen LogP contribution >= 0.6 is 0 Å². The summed E-state index contributed by atoms with van der Waals surface area (Å²) >= 11 is 0. The van der Waals surface area contributed by atoms with Crippen LogP contribution in [0.25, 0.3) is 0 Å². The predicted octanol–water partition coefficient (Wildman–Crippen LogP) is 2.48. The van der Waals surface area contributed by atoms with E-state index in [0.717, 1.165) is 0 Å². The molecule has 3 nitrogen and oxygen atoms in total. The van der Waals surface area contributed by atoms with Crippen LogP contribution in [0.2, 0.25) is 0 Å². The van der Waals surface area contributed by atoms with E-state index in [1.54, 1.807) is 0 Å². The lowest BCUT2D eigenvalue weighted by atomic mass is 10.1. The second-order valence-electron chi connectivity index (χ2n) is 3.74. The molecule has 0 spiro atoms. The summed E-state index contributed by atoms with van der Waals surface area (Å²) in [7, 11) is 0. The molecule has 0 aliphatic carbocycles. The highest BCUT2D eigenvalue weighted by Crippen LogP contribution is 2.27. The van der Waals surface area contributed by atoms with Gasteiger partial charge in [-0.2, -0.15) is 13.2 Å². The van der Waals surface area contributed by atoms with E-state index in [1.807, 2.05) is 0 Å². The fourth-order valence-electron chi connectivity index (χ4n) is 1.45. The second-order valence-corrected chi connectivity index (χ2v) is 3.74. The number of benzene rings is 1. The van der Waals surface area contributed by atoms with Gasteiger partial charge in [-0.05, 0) is 31.5 Å². The van der Waals surface area contributed by atoms with Gasteiger partial charge in [0.05, 0.1) is 0 Å². The first-order valence-corrected chi connectivity index (χ1v) is 5.57. The highest BCUT2D eigenvalue weighted by atomic mass is 19.4. The number of phenols is 1. The first-order chi connectivity index (χ1) is 8.46. The Morgan fingerprint density at radius 2 is 1.89 bits per heavy atom. The summed E-state index contributed by atoms with van der Waals surface area (Å²) in [6.07, 6.45) is -3.47. The summed E-state index contributed by atoms with van der Waals surface area (Å²) in [6.45, 7) is 0.466. The van der Waals surface area contributed by atoms with Crippen molar-refractivity contribution >= 4 is 5.71 Å². The average Bonchev–Trinajstić information content (AvgIpc) is 2.29. The standard InChI is InChI=1S/C12H15F3N2O/c13-12(14,15)11(17-8-4-3-7-16)9-5-1-2-6-10(9)18/h1-2,5-6,18H,3-4,7-8,16H2. The molecule has 6 heteroatoms. The van der Waals surface area contributed by atoms with E-state index in [1.165, 1.54) is 24.3 Å². The Balaban J connectivity index is 2.96. The molecule has 18 heavy (non-hydrogen) atoms. The number of para-hydroxylation sites is 1. The molecular weight excluding hydrogens is 245 g/mol. The Morgan fingerprint density at radius 3 is 2.44 bits per heavy atom. The zero-order valence-corrected chi connectivity index (χ0v) is 9.74. The SMILES string of the molecule is NCCCCN=C(c1ccccc1O)C(F)(F)F. The van der Waals surface area contributed by atoms with Gasteiger partial charge in [0, 0.05) is 12.1 Å². The van der Waals surface area contributed by atoms with E-state index < -0.39 is 17.6 Å². The third-order valence-electron chi connectivity index (χ3n) is 2.31. The minimum absolute atomic E-state index is 0.0420. The number of halogens is 3. The molecule has 0 aliphatic heterocycles. The van der Waals surface area contributed by atoms with Crippen molar-refractivity contribution in [3.8, 4) is 5.75 Å². The van der Waals surface area contributed by atoms with Crippen molar-refractivity contribution in [3.63, 3.8) is 0 Å². The number of hydrogen-bond donors (Lipinski definition) is 2. The second kappa shape index (κ2) is 6.39. The van der Waals surface area contributed by atoms with Gasteiger partial charge < -0.3 is 10.8 Å². The first kappa shape index (κ1) is 14.5. The fourth-order valence-corrected chi connectivity index (χ4v) is 1.45. The summed E-state index contributed by atoms with van der Waals surface area (Å²) < 4.78 is 38.5. The summed E-state index contributed by atoms with van der Waals surface area (Å²) in [5.74, 6) is -0.424. The lowest BCUT2D eigenvalue weighted by Crippen LogP contribution is -2.24. The van der Waals surface area contributed by atoms with E-state index in [4.69, 9.17) is 5.73 Å². The third-order valence-corrected chi connectivity index (χ3v) is 2.31. The molecule has 0 saturated carbocycles. The Bertz CT molecular complexity index is 416. The van der Waals surface area contributed by atoms with Crippen LogP contribution in [0.1, 0.15) is 18.4 Å². The summed E-state index contributed by atoms with van der Waals surface area (Å²) in [4.78, 5) is 3.54. The lowest BCUT2D eigenvalue weighted by molar-refractivity contribution is -0.0583. The van der Waals surface area contributed by atoms with Gasteiger partial charge in [-0.3, -0.25) is 4.99 Å². The van der Waals surface area contributed by atoms with Crippen molar-refractivity contribution in [2.45, 2.75) is 19.0 Å². The fraction of sp³-hybridized carbons (Fsp3) is 0.417. The number of unbranched alkanes of at least 4 members (excludes halogenated alkanes) is 1. The number of rotatable bonds is 5. The highest BCUT2D eigenvalue weighted by molar-refractivity contribution is 6.06. The van der Waals surface area contributed by atoms with Gasteiger partial charge in [0.25, 0.3) is 0 Å². The molecule has 0 unspecified atom stereocenters. The maximum absolute atomic E-state index is 12.8. The van der Waals surface area contributed by atoms with Gasteiger partial charge in [-0.15, -0.1) is 0 Å². The van der Waals surface area contributed by atoms with Crippen LogP contribution in [-0.2, 0) is 0 Å².